The van der Waals surface area contributed by atoms with E-state index in [1.807, 2.05) is 18.2 Å². The molecule has 1 aliphatic rings. The van der Waals surface area contributed by atoms with Gasteiger partial charge in [-0.15, -0.1) is 0 Å². The van der Waals surface area contributed by atoms with Gasteiger partial charge in [-0.05, 0) is 48.9 Å². The highest BCUT2D eigenvalue weighted by molar-refractivity contribution is 7.88. The number of carbonyl (C=O) groups is 1. The molecule has 0 unspecified atom stereocenters. The Morgan fingerprint density at radius 1 is 1.31 bits per heavy atom. The number of sulfonamides is 1. The smallest absolute Gasteiger partial charge is 0.335 e. The number of benzene rings is 1. The van der Waals surface area contributed by atoms with Gasteiger partial charge in [0.05, 0.1) is 17.5 Å². The number of aromatic nitrogens is 1. The molecule has 1 aromatic heterocycles. The highest BCUT2D eigenvalue weighted by Crippen LogP contribution is 2.28. The molecule has 1 fully saturated rings. The molecule has 1 saturated heterocycles. The van der Waals surface area contributed by atoms with Gasteiger partial charge in [0.25, 0.3) is 0 Å². The molecule has 138 valence electrons. The van der Waals surface area contributed by atoms with Crippen molar-refractivity contribution in [3.8, 4) is 11.3 Å². The lowest BCUT2D eigenvalue weighted by atomic mass is 9.90. The second kappa shape index (κ2) is 7.55. The number of piperidine rings is 1. The van der Waals surface area contributed by atoms with Gasteiger partial charge in [0.1, 0.15) is 0 Å². The van der Waals surface area contributed by atoms with Crippen molar-refractivity contribution < 1.29 is 18.3 Å². The van der Waals surface area contributed by atoms with E-state index in [9.17, 15) is 18.3 Å². The minimum Gasteiger partial charge on any atom is -0.478 e. The van der Waals surface area contributed by atoms with E-state index in [0.29, 0.717) is 19.5 Å². The van der Waals surface area contributed by atoms with Crippen molar-refractivity contribution >= 4 is 16.0 Å². The molecule has 1 atom stereocenters. The summed E-state index contributed by atoms with van der Waals surface area (Å²) >= 11 is 0. The standard InChI is InChI=1S/C19H22N2O4S/c1-26(24,25)21-10-4-5-14(13-21)11-15-8-3-9-20-18(15)16-6-2-7-17(12-16)19(22)23/h2-3,6-9,12,14H,4-5,10-11,13H2,1H3,(H,22,23)/t14-/m1/s1. The highest BCUT2D eigenvalue weighted by Gasteiger charge is 2.26. The molecule has 26 heavy (non-hydrogen) atoms. The van der Waals surface area contributed by atoms with Crippen molar-refractivity contribution in [3.63, 3.8) is 0 Å². The number of hydrogen-bond acceptors (Lipinski definition) is 4. The Balaban J connectivity index is 1.86. The number of rotatable bonds is 5. The summed E-state index contributed by atoms with van der Waals surface area (Å²) in [6, 6.07) is 10.6. The van der Waals surface area contributed by atoms with Crippen LogP contribution in [0.2, 0.25) is 0 Å². The Morgan fingerprint density at radius 3 is 2.85 bits per heavy atom. The molecule has 0 amide bonds. The van der Waals surface area contributed by atoms with E-state index in [1.165, 1.54) is 6.26 Å². The Bertz CT molecular complexity index is 911. The zero-order valence-electron chi connectivity index (χ0n) is 14.6. The summed E-state index contributed by atoms with van der Waals surface area (Å²) in [5.41, 5.74) is 2.75. The maximum Gasteiger partial charge on any atom is 0.335 e. The van der Waals surface area contributed by atoms with Crippen LogP contribution in [0.4, 0.5) is 0 Å². The molecule has 6 nitrogen and oxygen atoms in total. The number of pyridine rings is 1. The second-order valence-corrected chi connectivity index (χ2v) is 8.71. The monoisotopic (exact) mass is 374 g/mol. The van der Waals surface area contributed by atoms with Crippen LogP contribution < -0.4 is 0 Å². The molecule has 0 aliphatic carbocycles. The number of carboxylic acids is 1. The Hall–Kier alpha value is -2.25. The number of carboxylic acid groups (broad SMARTS) is 1. The first-order valence-corrected chi connectivity index (χ1v) is 10.4. The molecule has 0 saturated carbocycles. The molecule has 1 N–H and O–H groups in total. The van der Waals surface area contributed by atoms with Gasteiger partial charge in [-0.3, -0.25) is 4.98 Å². The average molecular weight is 374 g/mol. The fourth-order valence-corrected chi connectivity index (χ4v) is 4.41. The fourth-order valence-electron chi connectivity index (χ4n) is 3.47. The minimum atomic E-state index is -3.18. The van der Waals surface area contributed by atoms with E-state index in [2.05, 4.69) is 4.98 Å². The van der Waals surface area contributed by atoms with E-state index >= 15 is 0 Å². The summed E-state index contributed by atoms with van der Waals surface area (Å²) < 4.78 is 25.2. The van der Waals surface area contributed by atoms with Crippen molar-refractivity contribution in [1.82, 2.24) is 9.29 Å². The first-order chi connectivity index (χ1) is 12.3. The van der Waals surface area contributed by atoms with E-state index in [4.69, 9.17) is 0 Å². The SMILES string of the molecule is CS(=O)(=O)N1CCC[C@H](Cc2cccnc2-c2cccc(C(=O)O)c2)C1. The maximum absolute atomic E-state index is 11.8. The molecule has 2 aromatic rings. The third-order valence-electron chi connectivity index (χ3n) is 4.73. The van der Waals surface area contributed by atoms with Gasteiger partial charge in [0.2, 0.25) is 10.0 Å². The van der Waals surface area contributed by atoms with Gasteiger partial charge in [-0.1, -0.05) is 18.2 Å². The van der Waals surface area contributed by atoms with Gasteiger partial charge in [0, 0.05) is 24.8 Å². The van der Waals surface area contributed by atoms with Crippen LogP contribution in [0.1, 0.15) is 28.8 Å². The van der Waals surface area contributed by atoms with Crippen LogP contribution in [0.25, 0.3) is 11.3 Å². The Morgan fingerprint density at radius 2 is 2.12 bits per heavy atom. The molecule has 0 bridgehead atoms. The summed E-state index contributed by atoms with van der Waals surface area (Å²) in [5.74, 6) is -0.746. The number of hydrogen-bond donors (Lipinski definition) is 1. The lowest BCUT2D eigenvalue weighted by molar-refractivity contribution is 0.0697. The van der Waals surface area contributed by atoms with Crippen LogP contribution >= 0.6 is 0 Å². The van der Waals surface area contributed by atoms with Crippen molar-refractivity contribution in [2.45, 2.75) is 19.3 Å². The number of aromatic carboxylic acids is 1. The van der Waals surface area contributed by atoms with Crippen LogP contribution in [0.5, 0.6) is 0 Å². The third kappa shape index (κ3) is 4.28. The Labute approximate surface area is 153 Å². The average Bonchev–Trinajstić information content (AvgIpc) is 2.62. The van der Waals surface area contributed by atoms with E-state index in [0.717, 1.165) is 29.7 Å². The fraction of sp³-hybridized carbons (Fsp3) is 0.368. The quantitative estimate of drug-likeness (QED) is 0.869. The van der Waals surface area contributed by atoms with Crippen molar-refractivity contribution in [1.29, 1.82) is 0 Å². The topological polar surface area (TPSA) is 87.6 Å². The van der Waals surface area contributed by atoms with Crippen LogP contribution in [0, 0.1) is 5.92 Å². The van der Waals surface area contributed by atoms with E-state index in [-0.39, 0.29) is 11.5 Å². The van der Waals surface area contributed by atoms with Crippen LogP contribution in [-0.2, 0) is 16.4 Å². The molecule has 3 rings (SSSR count). The predicted molar refractivity (Wildman–Crippen MR) is 99.5 cm³/mol. The first-order valence-electron chi connectivity index (χ1n) is 8.57. The molecule has 1 aliphatic heterocycles. The van der Waals surface area contributed by atoms with Crippen LogP contribution in [0.15, 0.2) is 42.6 Å². The molecular weight excluding hydrogens is 352 g/mol. The second-order valence-electron chi connectivity index (χ2n) is 6.73. The molecule has 0 spiro atoms. The predicted octanol–water partition coefficient (Wildman–Crippen LogP) is 2.66. The van der Waals surface area contributed by atoms with Gasteiger partial charge >= 0.3 is 5.97 Å². The van der Waals surface area contributed by atoms with Crippen molar-refractivity contribution in [2.24, 2.45) is 5.92 Å². The minimum absolute atomic E-state index is 0.222. The largest absolute Gasteiger partial charge is 0.478 e. The highest BCUT2D eigenvalue weighted by atomic mass is 32.2. The lowest BCUT2D eigenvalue weighted by Crippen LogP contribution is -2.39. The van der Waals surface area contributed by atoms with Crippen LogP contribution in [0.3, 0.4) is 0 Å². The molecule has 2 heterocycles. The van der Waals surface area contributed by atoms with Gasteiger partial charge in [-0.25, -0.2) is 17.5 Å². The van der Waals surface area contributed by atoms with Crippen molar-refractivity contribution in [3.05, 3.63) is 53.7 Å². The van der Waals surface area contributed by atoms with Crippen LogP contribution in [-0.4, -0.2) is 48.1 Å². The van der Waals surface area contributed by atoms with Gasteiger partial charge < -0.3 is 5.11 Å². The van der Waals surface area contributed by atoms with Gasteiger partial charge in [0.15, 0.2) is 0 Å². The summed E-state index contributed by atoms with van der Waals surface area (Å²) in [7, 11) is -3.18. The van der Waals surface area contributed by atoms with Crippen molar-refractivity contribution in [2.75, 3.05) is 19.3 Å². The van der Waals surface area contributed by atoms with E-state index < -0.39 is 16.0 Å². The molecule has 7 heteroatoms. The molecule has 0 radical (unpaired) electrons. The zero-order valence-corrected chi connectivity index (χ0v) is 15.4. The summed E-state index contributed by atoms with van der Waals surface area (Å²) in [6.45, 7) is 1.10. The molecule has 1 aromatic carbocycles. The third-order valence-corrected chi connectivity index (χ3v) is 6.00. The van der Waals surface area contributed by atoms with Gasteiger partial charge in [-0.2, -0.15) is 0 Å². The van der Waals surface area contributed by atoms with E-state index in [1.54, 1.807) is 28.7 Å². The summed E-state index contributed by atoms with van der Waals surface area (Å²) in [4.78, 5) is 15.7. The normalized spacial score (nSPS) is 18.6. The summed E-state index contributed by atoms with van der Waals surface area (Å²) in [6.07, 6.45) is 5.47. The molecular formula is C19H22N2O4S. The number of nitrogens with zero attached hydrogens (tertiary/aromatic N) is 2. The maximum atomic E-state index is 11.8. The summed E-state index contributed by atoms with van der Waals surface area (Å²) in [5, 5.41) is 9.21. The lowest BCUT2D eigenvalue weighted by Gasteiger charge is -2.31. The zero-order chi connectivity index (χ0) is 18.7. The Kier molecular flexibility index (Phi) is 5.38. The first kappa shape index (κ1) is 18.5.